The Bertz CT molecular complexity index is 2490. The van der Waals surface area contributed by atoms with Crippen LogP contribution in [0.1, 0.15) is 0 Å². The quantitative estimate of drug-likeness (QED) is 0.190. The third kappa shape index (κ3) is 4.29. The predicted octanol–water partition coefficient (Wildman–Crippen LogP) is 10.5. The standard InChI is InChI=1S/C39H26N4O3/c1-42-20-18-32(41-42)31-23-27(24-35-38(31)29-14-6-8-16-34(29)45-35)44-36-22-26(21-30-28-13-5-7-15-33(28)46-39(30)36)43(25-11-3-2-4-12-25)37-17-9-10-19-40-37/h2-24H,1H3. The smallest absolute Gasteiger partial charge is 0.178 e. The van der Waals surface area contributed by atoms with Crippen molar-refractivity contribution in [1.82, 2.24) is 14.8 Å². The van der Waals surface area contributed by atoms with Gasteiger partial charge in [-0.1, -0.05) is 60.7 Å². The molecule has 0 N–H and O–H groups in total. The lowest BCUT2D eigenvalue weighted by Crippen LogP contribution is -2.11. The minimum absolute atomic E-state index is 0.572. The number of para-hydroxylation sites is 3. The average molecular weight is 599 g/mol. The Morgan fingerprint density at radius 1 is 0.652 bits per heavy atom. The SMILES string of the molecule is Cn1ccc(-c2cc(Oc3cc(N(c4ccccc4)c4ccccn4)cc4c3oc3ccccc34)cc3oc4ccccc4c23)n1. The van der Waals surface area contributed by atoms with Crippen LogP contribution in [0.5, 0.6) is 11.5 Å². The number of anilines is 3. The van der Waals surface area contributed by atoms with Crippen LogP contribution in [0.25, 0.3) is 55.1 Å². The molecule has 7 nitrogen and oxygen atoms in total. The number of aromatic nitrogens is 3. The van der Waals surface area contributed by atoms with Crippen LogP contribution >= 0.6 is 0 Å². The van der Waals surface area contributed by atoms with Crippen molar-refractivity contribution >= 4 is 61.1 Å². The highest BCUT2D eigenvalue weighted by atomic mass is 16.5. The van der Waals surface area contributed by atoms with Gasteiger partial charge in [0.25, 0.3) is 0 Å². The van der Waals surface area contributed by atoms with Crippen molar-refractivity contribution in [3.63, 3.8) is 0 Å². The molecule has 0 aliphatic heterocycles. The number of hydrogen-bond donors (Lipinski definition) is 0. The number of aryl methyl sites for hydroxylation is 1. The first kappa shape index (κ1) is 26.1. The van der Waals surface area contributed by atoms with Gasteiger partial charge in [-0.05, 0) is 54.6 Å². The summed E-state index contributed by atoms with van der Waals surface area (Å²) in [6.07, 6.45) is 3.74. The molecule has 0 unspecified atom stereocenters. The summed E-state index contributed by atoms with van der Waals surface area (Å²) in [5, 5.41) is 8.70. The molecule has 0 amide bonds. The Balaban J connectivity index is 1.28. The van der Waals surface area contributed by atoms with E-state index >= 15 is 0 Å². The number of nitrogens with zero attached hydrogens (tertiary/aromatic N) is 4. The fourth-order valence-corrected chi connectivity index (χ4v) is 6.24. The van der Waals surface area contributed by atoms with Crippen LogP contribution in [0.15, 0.2) is 149 Å². The molecule has 0 bridgehead atoms. The molecule has 4 aromatic heterocycles. The second-order valence-corrected chi connectivity index (χ2v) is 11.2. The fourth-order valence-electron chi connectivity index (χ4n) is 6.24. The molecule has 9 aromatic rings. The zero-order valence-electron chi connectivity index (χ0n) is 24.8. The van der Waals surface area contributed by atoms with E-state index < -0.39 is 0 Å². The molecule has 0 radical (unpaired) electrons. The molecule has 9 rings (SSSR count). The van der Waals surface area contributed by atoms with E-state index in [0.29, 0.717) is 17.1 Å². The van der Waals surface area contributed by atoms with Crippen LogP contribution in [0.4, 0.5) is 17.2 Å². The summed E-state index contributed by atoms with van der Waals surface area (Å²) in [5.41, 5.74) is 6.58. The van der Waals surface area contributed by atoms with Gasteiger partial charge in [-0.2, -0.15) is 5.10 Å². The lowest BCUT2D eigenvalue weighted by atomic mass is 10.0. The van der Waals surface area contributed by atoms with Crippen molar-refractivity contribution in [1.29, 1.82) is 0 Å². The van der Waals surface area contributed by atoms with E-state index in [9.17, 15) is 0 Å². The van der Waals surface area contributed by atoms with Crippen LogP contribution < -0.4 is 9.64 Å². The minimum atomic E-state index is 0.572. The first-order chi connectivity index (χ1) is 22.7. The molecular formula is C39H26N4O3. The second-order valence-electron chi connectivity index (χ2n) is 11.2. The Labute approximate surface area is 263 Å². The topological polar surface area (TPSA) is 69.5 Å². The van der Waals surface area contributed by atoms with Crippen molar-refractivity contribution < 1.29 is 13.6 Å². The zero-order chi connectivity index (χ0) is 30.6. The monoisotopic (exact) mass is 598 g/mol. The normalized spacial score (nSPS) is 11.6. The molecule has 0 saturated carbocycles. The predicted molar refractivity (Wildman–Crippen MR) is 182 cm³/mol. The third-order valence-corrected chi connectivity index (χ3v) is 8.25. The van der Waals surface area contributed by atoms with Crippen LogP contribution in [0.2, 0.25) is 0 Å². The molecule has 7 heteroatoms. The maximum Gasteiger partial charge on any atom is 0.178 e. The Hall–Kier alpha value is -6.34. The lowest BCUT2D eigenvalue weighted by molar-refractivity contribution is 0.476. The lowest BCUT2D eigenvalue weighted by Gasteiger charge is -2.24. The van der Waals surface area contributed by atoms with Gasteiger partial charge < -0.3 is 13.6 Å². The van der Waals surface area contributed by atoms with Gasteiger partial charge in [0.15, 0.2) is 11.3 Å². The van der Waals surface area contributed by atoms with Crippen molar-refractivity contribution in [2.24, 2.45) is 7.05 Å². The molecule has 0 atom stereocenters. The van der Waals surface area contributed by atoms with Crippen molar-refractivity contribution in [2.75, 3.05) is 4.90 Å². The summed E-state index contributed by atoms with van der Waals surface area (Å²) >= 11 is 0. The van der Waals surface area contributed by atoms with E-state index in [2.05, 4.69) is 35.2 Å². The number of ether oxygens (including phenoxy) is 1. The summed E-state index contributed by atoms with van der Waals surface area (Å²) in [4.78, 5) is 6.84. The van der Waals surface area contributed by atoms with Gasteiger partial charge in [-0.15, -0.1) is 0 Å². The summed E-state index contributed by atoms with van der Waals surface area (Å²) in [7, 11) is 1.92. The number of fused-ring (bicyclic) bond motifs is 6. The minimum Gasteiger partial charge on any atom is -0.456 e. The number of pyridine rings is 1. The molecule has 5 aromatic carbocycles. The van der Waals surface area contributed by atoms with Crippen LogP contribution in [-0.4, -0.2) is 14.8 Å². The maximum atomic E-state index is 6.82. The summed E-state index contributed by atoms with van der Waals surface area (Å²) in [6, 6.07) is 42.3. The molecule has 46 heavy (non-hydrogen) atoms. The maximum absolute atomic E-state index is 6.82. The number of hydrogen-bond acceptors (Lipinski definition) is 6. The molecular weight excluding hydrogens is 572 g/mol. The van der Waals surface area contributed by atoms with Crippen LogP contribution in [0, 0.1) is 0 Å². The van der Waals surface area contributed by atoms with Gasteiger partial charge in [0.05, 0.1) is 11.4 Å². The molecule has 0 aliphatic rings. The number of rotatable bonds is 6. The van der Waals surface area contributed by atoms with E-state index in [0.717, 1.165) is 66.7 Å². The van der Waals surface area contributed by atoms with E-state index in [1.165, 1.54) is 0 Å². The van der Waals surface area contributed by atoms with Gasteiger partial charge in [0, 0.05) is 64.4 Å². The second kappa shape index (κ2) is 10.4. The van der Waals surface area contributed by atoms with Crippen molar-refractivity contribution in [3.8, 4) is 22.8 Å². The van der Waals surface area contributed by atoms with E-state index in [1.54, 1.807) is 10.9 Å². The summed E-state index contributed by atoms with van der Waals surface area (Å²) in [6.45, 7) is 0. The van der Waals surface area contributed by atoms with Gasteiger partial charge in [-0.25, -0.2) is 4.98 Å². The zero-order valence-corrected chi connectivity index (χ0v) is 24.8. The molecule has 0 fully saturated rings. The summed E-state index contributed by atoms with van der Waals surface area (Å²) in [5.74, 6) is 1.96. The Morgan fingerprint density at radius 3 is 2.20 bits per heavy atom. The van der Waals surface area contributed by atoms with Crippen molar-refractivity contribution in [3.05, 3.63) is 140 Å². The number of benzene rings is 5. The van der Waals surface area contributed by atoms with Gasteiger partial charge >= 0.3 is 0 Å². The number of furan rings is 2. The highest BCUT2D eigenvalue weighted by Crippen LogP contribution is 2.45. The van der Waals surface area contributed by atoms with Gasteiger partial charge in [-0.3, -0.25) is 9.58 Å². The van der Waals surface area contributed by atoms with E-state index in [-0.39, 0.29) is 0 Å². The molecule has 0 saturated heterocycles. The summed E-state index contributed by atoms with van der Waals surface area (Å²) < 4.78 is 21.4. The Kier molecular flexibility index (Phi) is 5.89. The first-order valence-corrected chi connectivity index (χ1v) is 15.0. The first-order valence-electron chi connectivity index (χ1n) is 15.0. The van der Waals surface area contributed by atoms with E-state index in [4.69, 9.17) is 23.7 Å². The van der Waals surface area contributed by atoms with Crippen LogP contribution in [-0.2, 0) is 7.05 Å². The molecule has 4 heterocycles. The molecule has 0 aliphatic carbocycles. The van der Waals surface area contributed by atoms with Gasteiger partial charge in [0.2, 0.25) is 0 Å². The van der Waals surface area contributed by atoms with Gasteiger partial charge in [0.1, 0.15) is 28.3 Å². The van der Waals surface area contributed by atoms with Crippen molar-refractivity contribution in [2.45, 2.75) is 0 Å². The largest absolute Gasteiger partial charge is 0.456 e. The average Bonchev–Trinajstić information content (AvgIpc) is 3.81. The van der Waals surface area contributed by atoms with E-state index in [1.807, 2.05) is 110 Å². The highest BCUT2D eigenvalue weighted by Gasteiger charge is 2.22. The third-order valence-electron chi connectivity index (χ3n) is 8.25. The van der Waals surface area contributed by atoms with Crippen LogP contribution in [0.3, 0.4) is 0 Å². The fraction of sp³-hybridized carbons (Fsp3) is 0.0256. The highest BCUT2D eigenvalue weighted by molar-refractivity contribution is 6.13. The molecule has 0 spiro atoms. The molecule has 220 valence electrons. The Morgan fingerprint density at radius 2 is 1.41 bits per heavy atom.